The molecule has 0 aliphatic rings. The highest BCUT2D eigenvalue weighted by atomic mass is 35.5. The van der Waals surface area contributed by atoms with Gasteiger partial charge >= 0.3 is 0 Å². The summed E-state index contributed by atoms with van der Waals surface area (Å²) >= 11 is 0. The van der Waals surface area contributed by atoms with Gasteiger partial charge in [-0.15, -0.1) is 12.4 Å². The first-order valence-corrected chi connectivity index (χ1v) is 4.76. The van der Waals surface area contributed by atoms with Gasteiger partial charge in [-0.1, -0.05) is 25.1 Å². The molecule has 1 atom stereocenters. The van der Waals surface area contributed by atoms with E-state index in [1.807, 2.05) is 31.2 Å². The number of para-hydroxylation sites is 1. The summed E-state index contributed by atoms with van der Waals surface area (Å²) in [5, 5.41) is 0. The molecular weight excluding hydrogens is 198 g/mol. The molecule has 80 valence electrons. The fourth-order valence-electron chi connectivity index (χ4n) is 1.29. The normalized spacial score (nSPS) is 11.6. The number of rotatable bonds is 4. The molecule has 3 heteroatoms. The summed E-state index contributed by atoms with van der Waals surface area (Å²) in [4.78, 5) is 0. The third-order valence-electron chi connectivity index (χ3n) is 2.06. The van der Waals surface area contributed by atoms with Crippen LogP contribution in [0, 0.1) is 0 Å². The van der Waals surface area contributed by atoms with Crippen LogP contribution in [-0.4, -0.2) is 6.61 Å². The van der Waals surface area contributed by atoms with Crippen LogP contribution in [0.4, 0.5) is 0 Å². The molecule has 0 fully saturated rings. The Kier molecular flexibility index (Phi) is 6.34. The molecule has 0 radical (unpaired) electrons. The van der Waals surface area contributed by atoms with Crippen molar-refractivity contribution in [3.05, 3.63) is 29.8 Å². The minimum atomic E-state index is 0. The number of ether oxygens (including phenoxy) is 1. The van der Waals surface area contributed by atoms with Crippen LogP contribution in [0.5, 0.6) is 5.75 Å². The lowest BCUT2D eigenvalue weighted by Crippen LogP contribution is -2.10. The maximum atomic E-state index is 5.95. The van der Waals surface area contributed by atoms with Crippen LogP contribution in [0.15, 0.2) is 24.3 Å². The fourth-order valence-corrected chi connectivity index (χ4v) is 1.29. The van der Waals surface area contributed by atoms with Crippen molar-refractivity contribution in [1.29, 1.82) is 0 Å². The van der Waals surface area contributed by atoms with Crippen molar-refractivity contribution in [2.75, 3.05) is 6.61 Å². The number of hydrogen-bond donors (Lipinski definition) is 1. The number of halogens is 1. The van der Waals surface area contributed by atoms with Crippen molar-refractivity contribution in [3.63, 3.8) is 0 Å². The molecule has 0 unspecified atom stereocenters. The molecule has 1 aromatic carbocycles. The van der Waals surface area contributed by atoms with E-state index in [0.717, 1.165) is 17.7 Å². The van der Waals surface area contributed by atoms with Crippen molar-refractivity contribution in [3.8, 4) is 5.75 Å². The van der Waals surface area contributed by atoms with Crippen LogP contribution in [0.25, 0.3) is 0 Å². The molecule has 1 rings (SSSR count). The van der Waals surface area contributed by atoms with E-state index in [2.05, 4.69) is 6.92 Å². The van der Waals surface area contributed by atoms with E-state index in [1.165, 1.54) is 0 Å². The molecule has 1 aromatic rings. The Labute approximate surface area is 91.9 Å². The molecule has 0 aliphatic carbocycles. The summed E-state index contributed by atoms with van der Waals surface area (Å²) < 4.78 is 5.48. The summed E-state index contributed by atoms with van der Waals surface area (Å²) in [7, 11) is 0. The van der Waals surface area contributed by atoms with E-state index in [1.54, 1.807) is 0 Å². The Balaban J connectivity index is 0.00000169. The molecule has 0 aromatic heterocycles. The maximum absolute atomic E-state index is 5.95. The number of benzene rings is 1. The lowest BCUT2D eigenvalue weighted by Gasteiger charge is -2.14. The van der Waals surface area contributed by atoms with Gasteiger partial charge in [-0.25, -0.2) is 0 Å². The van der Waals surface area contributed by atoms with E-state index in [0.29, 0.717) is 6.61 Å². The number of nitrogens with two attached hydrogens (primary N) is 1. The monoisotopic (exact) mass is 215 g/mol. The zero-order valence-corrected chi connectivity index (χ0v) is 9.51. The highest BCUT2D eigenvalue weighted by molar-refractivity contribution is 5.85. The second-order valence-electron chi connectivity index (χ2n) is 2.99. The first-order valence-electron chi connectivity index (χ1n) is 4.76. The zero-order chi connectivity index (χ0) is 9.68. The third-order valence-corrected chi connectivity index (χ3v) is 2.06. The van der Waals surface area contributed by atoms with Gasteiger partial charge in [-0.05, 0) is 19.4 Å². The first kappa shape index (κ1) is 13.3. The van der Waals surface area contributed by atoms with Gasteiger partial charge in [0.1, 0.15) is 5.75 Å². The van der Waals surface area contributed by atoms with E-state index in [4.69, 9.17) is 10.5 Å². The minimum Gasteiger partial charge on any atom is -0.494 e. The predicted molar refractivity (Wildman–Crippen MR) is 62.1 cm³/mol. The van der Waals surface area contributed by atoms with E-state index < -0.39 is 0 Å². The highest BCUT2D eigenvalue weighted by Crippen LogP contribution is 2.24. The molecule has 14 heavy (non-hydrogen) atoms. The maximum Gasteiger partial charge on any atom is 0.124 e. The van der Waals surface area contributed by atoms with Crippen LogP contribution < -0.4 is 10.5 Å². The van der Waals surface area contributed by atoms with Gasteiger partial charge in [0.05, 0.1) is 6.61 Å². The van der Waals surface area contributed by atoms with Gasteiger partial charge in [-0.2, -0.15) is 0 Å². The minimum absolute atomic E-state index is 0. The quantitative estimate of drug-likeness (QED) is 0.838. The standard InChI is InChI=1S/C11H17NO.ClH/c1-3-10(12)9-7-5-6-8-11(9)13-4-2;/h5-8,10H,3-4,12H2,1-2H3;1H/t10-;/m0./s1. The van der Waals surface area contributed by atoms with Gasteiger partial charge in [0, 0.05) is 11.6 Å². The molecule has 0 bridgehead atoms. The van der Waals surface area contributed by atoms with Gasteiger partial charge in [0.25, 0.3) is 0 Å². The molecule has 0 saturated carbocycles. The molecular formula is C11H18ClNO. The Bertz CT molecular complexity index is 265. The van der Waals surface area contributed by atoms with Crippen molar-refractivity contribution in [2.24, 2.45) is 5.73 Å². The second kappa shape index (κ2) is 6.68. The Morgan fingerprint density at radius 3 is 2.50 bits per heavy atom. The van der Waals surface area contributed by atoms with Crippen LogP contribution in [0.1, 0.15) is 31.9 Å². The summed E-state index contributed by atoms with van der Waals surface area (Å²) in [5.41, 5.74) is 7.05. The Hall–Kier alpha value is -0.730. The average molecular weight is 216 g/mol. The van der Waals surface area contributed by atoms with Crippen LogP contribution in [0.2, 0.25) is 0 Å². The smallest absolute Gasteiger partial charge is 0.124 e. The molecule has 0 amide bonds. The van der Waals surface area contributed by atoms with Crippen LogP contribution in [-0.2, 0) is 0 Å². The molecule has 0 spiro atoms. The van der Waals surface area contributed by atoms with Gasteiger partial charge < -0.3 is 10.5 Å². The third kappa shape index (κ3) is 3.20. The molecule has 0 aliphatic heterocycles. The van der Waals surface area contributed by atoms with E-state index >= 15 is 0 Å². The second-order valence-corrected chi connectivity index (χ2v) is 2.99. The van der Waals surface area contributed by atoms with Crippen molar-refractivity contribution in [2.45, 2.75) is 26.3 Å². The number of hydrogen-bond acceptors (Lipinski definition) is 2. The van der Waals surface area contributed by atoms with Gasteiger partial charge in [0.15, 0.2) is 0 Å². The largest absolute Gasteiger partial charge is 0.494 e. The summed E-state index contributed by atoms with van der Waals surface area (Å²) in [5.74, 6) is 0.916. The zero-order valence-electron chi connectivity index (χ0n) is 8.69. The van der Waals surface area contributed by atoms with Crippen molar-refractivity contribution in [1.82, 2.24) is 0 Å². The van der Waals surface area contributed by atoms with E-state index in [-0.39, 0.29) is 18.4 Å². The highest BCUT2D eigenvalue weighted by Gasteiger charge is 2.08. The molecule has 2 nitrogen and oxygen atoms in total. The van der Waals surface area contributed by atoms with Crippen molar-refractivity contribution < 1.29 is 4.74 Å². The Morgan fingerprint density at radius 1 is 1.29 bits per heavy atom. The summed E-state index contributed by atoms with van der Waals surface area (Å²) in [6.07, 6.45) is 0.935. The van der Waals surface area contributed by atoms with Crippen molar-refractivity contribution >= 4 is 12.4 Å². The SMILES string of the molecule is CCOc1ccccc1[C@@H](N)CC.Cl. The summed E-state index contributed by atoms with van der Waals surface area (Å²) in [6.45, 7) is 4.75. The molecule has 0 heterocycles. The fraction of sp³-hybridized carbons (Fsp3) is 0.455. The molecule has 0 saturated heterocycles. The lowest BCUT2D eigenvalue weighted by molar-refractivity contribution is 0.334. The lowest BCUT2D eigenvalue weighted by atomic mass is 10.0. The Morgan fingerprint density at radius 2 is 1.93 bits per heavy atom. The predicted octanol–water partition coefficient (Wildman–Crippen LogP) is 2.92. The van der Waals surface area contributed by atoms with Crippen LogP contribution >= 0.6 is 12.4 Å². The first-order chi connectivity index (χ1) is 6.29. The van der Waals surface area contributed by atoms with Gasteiger partial charge in [0.2, 0.25) is 0 Å². The van der Waals surface area contributed by atoms with Crippen LogP contribution in [0.3, 0.4) is 0 Å². The summed E-state index contributed by atoms with van der Waals surface area (Å²) in [6, 6.07) is 8.04. The average Bonchev–Trinajstić information content (AvgIpc) is 2.18. The topological polar surface area (TPSA) is 35.2 Å². The van der Waals surface area contributed by atoms with Gasteiger partial charge in [-0.3, -0.25) is 0 Å². The van der Waals surface area contributed by atoms with E-state index in [9.17, 15) is 0 Å². The molecule has 2 N–H and O–H groups in total.